The third-order valence-corrected chi connectivity index (χ3v) is 2.59. The van der Waals surface area contributed by atoms with Crippen molar-refractivity contribution in [3.05, 3.63) is 60.1 Å². The third-order valence-electron chi connectivity index (χ3n) is 2.59. The molecule has 0 saturated carbocycles. The number of nitrogen functional groups attached to an aromatic ring is 1. The molecule has 0 amide bonds. The predicted molar refractivity (Wildman–Crippen MR) is 78.5 cm³/mol. The normalized spacial score (nSPS) is 17.1. The summed E-state index contributed by atoms with van der Waals surface area (Å²) in [6.45, 7) is 3.84. The zero-order chi connectivity index (χ0) is 13.7. The van der Waals surface area contributed by atoms with Crippen LogP contribution in [-0.4, -0.2) is 11.2 Å². The smallest absolute Gasteiger partial charge is 0.131 e. The summed E-state index contributed by atoms with van der Waals surface area (Å²) in [4.78, 5) is 0. The molecule has 0 bridgehead atoms. The third kappa shape index (κ3) is 3.25. The van der Waals surface area contributed by atoms with Gasteiger partial charge in [-0.2, -0.15) is 5.10 Å². The van der Waals surface area contributed by atoms with E-state index >= 15 is 0 Å². The fourth-order valence-corrected chi connectivity index (χ4v) is 1.67. The van der Waals surface area contributed by atoms with E-state index in [4.69, 9.17) is 10.5 Å². The lowest BCUT2D eigenvalue weighted by atomic mass is 10.2. The van der Waals surface area contributed by atoms with Crippen molar-refractivity contribution in [1.82, 2.24) is 5.01 Å². The van der Waals surface area contributed by atoms with Crippen LogP contribution >= 0.6 is 0 Å². The Labute approximate surface area is 113 Å². The molecule has 1 heterocycles. The van der Waals surface area contributed by atoms with Crippen molar-refractivity contribution >= 4 is 11.9 Å². The highest BCUT2D eigenvalue weighted by atomic mass is 16.5. The fourth-order valence-electron chi connectivity index (χ4n) is 1.67. The topological polar surface area (TPSA) is 50.8 Å². The Bertz CT molecular complexity index is 553. The minimum Gasteiger partial charge on any atom is -0.457 e. The molecule has 0 spiro atoms. The molecule has 1 aromatic carbocycles. The Hall–Kier alpha value is -2.49. The molecule has 1 aliphatic rings. The summed E-state index contributed by atoms with van der Waals surface area (Å²) in [6.07, 6.45) is 9.39. The predicted octanol–water partition coefficient (Wildman–Crippen LogP) is 3.27. The van der Waals surface area contributed by atoms with Gasteiger partial charge in [0.1, 0.15) is 11.5 Å². The van der Waals surface area contributed by atoms with Crippen molar-refractivity contribution in [2.24, 2.45) is 5.10 Å². The molecule has 4 nitrogen and oxygen atoms in total. The number of nitrogens with zero attached hydrogens (tertiary/aromatic N) is 2. The number of ether oxygens (including phenoxy) is 1. The number of hydrogen-bond acceptors (Lipinski definition) is 4. The van der Waals surface area contributed by atoms with Crippen LogP contribution in [0.2, 0.25) is 0 Å². The van der Waals surface area contributed by atoms with Crippen molar-refractivity contribution in [2.45, 2.75) is 13.8 Å². The maximum Gasteiger partial charge on any atom is 0.131 e. The average Bonchev–Trinajstić information content (AvgIpc) is 2.43. The van der Waals surface area contributed by atoms with E-state index in [2.05, 4.69) is 5.10 Å². The first-order valence-corrected chi connectivity index (χ1v) is 6.10. The summed E-state index contributed by atoms with van der Waals surface area (Å²) in [5.41, 5.74) is 7.32. The van der Waals surface area contributed by atoms with Gasteiger partial charge >= 0.3 is 0 Å². The van der Waals surface area contributed by atoms with Crippen LogP contribution in [0.5, 0.6) is 5.75 Å². The number of rotatable bonds is 3. The summed E-state index contributed by atoms with van der Waals surface area (Å²) in [7, 11) is 0. The minimum absolute atomic E-state index is 0.720. The second-order valence-electron chi connectivity index (χ2n) is 3.97. The lowest BCUT2D eigenvalue weighted by Crippen LogP contribution is -2.13. The molecule has 0 fully saturated rings. The highest BCUT2D eigenvalue weighted by Gasteiger charge is 2.09. The monoisotopic (exact) mass is 255 g/mol. The average molecular weight is 255 g/mol. The number of hydrazone groups is 1. The quantitative estimate of drug-likeness (QED) is 0.666. The first-order chi connectivity index (χ1) is 9.22. The first-order valence-electron chi connectivity index (χ1n) is 6.10. The summed E-state index contributed by atoms with van der Waals surface area (Å²) >= 11 is 0. The molecule has 1 aliphatic heterocycles. The molecule has 0 aliphatic carbocycles. The lowest BCUT2D eigenvalue weighted by Gasteiger charge is -2.20. The van der Waals surface area contributed by atoms with Crippen molar-refractivity contribution in [2.75, 3.05) is 5.73 Å². The molecule has 98 valence electrons. The van der Waals surface area contributed by atoms with E-state index < -0.39 is 0 Å². The molecule has 19 heavy (non-hydrogen) atoms. The number of nitrogens with two attached hydrogens (primary N) is 1. The Morgan fingerprint density at radius 3 is 2.58 bits per heavy atom. The second-order valence-corrected chi connectivity index (χ2v) is 3.97. The van der Waals surface area contributed by atoms with Gasteiger partial charge in [-0.15, -0.1) is 0 Å². The highest BCUT2D eigenvalue weighted by Crippen LogP contribution is 2.22. The van der Waals surface area contributed by atoms with Crippen LogP contribution in [0, 0.1) is 0 Å². The largest absolute Gasteiger partial charge is 0.457 e. The fraction of sp³-hybridized carbons (Fsp3) is 0.133. The van der Waals surface area contributed by atoms with Crippen LogP contribution < -0.4 is 10.5 Å². The van der Waals surface area contributed by atoms with Crippen molar-refractivity contribution in [1.29, 1.82) is 0 Å². The van der Waals surface area contributed by atoms with Gasteiger partial charge in [0.2, 0.25) is 0 Å². The minimum atomic E-state index is 0.720. The zero-order valence-electron chi connectivity index (χ0n) is 11.1. The second kappa shape index (κ2) is 5.91. The SMILES string of the molecule is C/C=N\N1C=CC(Oc2ccc(N)cc2)=C/C1=C\C. The highest BCUT2D eigenvalue weighted by molar-refractivity contribution is 5.53. The molecular weight excluding hydrogens is 238 g/mol. The van der Waals surface area contributed by atoms with Gasteiger partial charge < -0.3 is 10.5 Å². The van der Waals surface area contributed by atoms with Crippen molar-refractivity contribution < 1.29 is 4.74 Å². The Morgan fingerprint density at radius 2 is 1.95 bits per heavy atom. The van der Waals surface area contributed by atoms with Gasteiger partial charge in [0.25, 0.3) is 0 Å². The van der Waals surface area contributed by atoms with Crippen LogP contribution in [0.3, 0.4) is 0 Å². The molecule has 2 N–H and O–H groups in total. The van der Waals surface area contributed by atoms with Crippen LogP contribution in [0.1, 0.15) is 13.8 Å². The Morgan fingerprint density at radius 1 is 1.21 bits per heavy atom. The Balaban J connectivity index is 2.14. The van der Waals surface area contributed by atoms with Crippen LogP contribution in [0.25, 0.3) is 0 Å². The van der Waals surface area contributed by atoms with Gasteiger partial charge in [-0.1, -0.05) is 6.08 Å². The van der Waals surface area contributed by atoms with Gasteiger partial charge in [0.15, 0.2) is 0 Å². The molecule has 4 heteroatoms. The summed E-state index contributed by atoms with van der Waals surface area (Å²) < 4.78 is 5.77. The van der Waals surface area contributed by atoms with E-state index in [9.17, 15) is 0 Å². The molecule has 0 saturated heterocycles. The molecule has 0 unspecified atom stereocenters. The Kier molecular flexibility index (Phi) is 4.03. The van der Waals surface area contributed by atoms with Gasteiger partial charge in [-0.3, -0.25) is 0 Å². The van der Waals surface area contributed by atoms with Gasteiger partial charge in [0, 0.05) is 24.2 Å². The maximum absolute atomic E-state index is 5.77. The summed E-state index contributed by atoms with van der Waals surface area (Å²) in [5, 5.41) is 6.01. The molecule has 2 rings (SSSR count). The summed E-state index contributed by atoms with van der Waals surface area (Å²) in [5.74, 6) is 1.52. The number of allylic oxidation sites excluding steroid dienone is 3. The van der Waals surface area contributed by atoms with Gasteiger partial charge in [0.05, 0.1) is 5.70 Å². The molecule has 0 atom stereocenters. The zero-order valence-corrected chi connectivity index (χ0v) is 11.1. The van der Waals surface area contributed by atoms with E-state index in [0.717, 1.165) is 22.9 Å². The van der Waals surface area contributed by atoms with E-state index in [1.54, 1.807) is 11.2 Å². The van der Waals surface area contributed by atoms with E-state index in [-0.39, 0.29) is 0 Å². The standard InChI is InChI=1S/C15H17N3O/c1-3-13-11-15(9-10-18(13)17-4-2)19-14-7-5-12(16)6-8-14/h3-11H,16H2,1-2H3/b13-3+,17-4-. The van der Waals surface area contributed by atoms with E-state index in [1.165, 1.54) is 0 Å². The van der Waals surface area contributed by atoms with E-state index in [0.29, 0.717) is 0 Å². The summed E-state index contributed by atoms with van der Waals surface area (Å²) in [6, 6.07) is 7.31. The number of hydrogen-bond donors (Lipinski definition) is 1. The van der Waals surface area contributed by atoms with Gasteiger partial charge in [-0.05, 0) is 44.2 Å². The number of benzene rings is 1. The van der Waals surface area contributed by atoms with Gasteiger partial charge in [-0.25, -0.2) is 5.01 Å². The number of anilines is 1. The van der Waals surface area contributed by atoms with Crippen LogP contribution in [-0.2, 0) is 0 Å². The van der Waals surface area contributed by atoms with Crippen molar-refractivity contribution in [3.8, 4) is 5.75 Å². The molecule has 0 radical (unpaired) electrons. The molecule has 0 aromatic heterocycles. The van der Waals surface area contributed by atoms with E-state index in [1.807, 2.05) is 62.5 Å². The van der Waals surface area contributed by atoms with Crippen molar-refractivity contribution in [3.63, 3.8) is 0 Å². The first kappa shape index (κ1) is 13.0. The van der Waals surface area contributed by atoms with Crippen LogP contribution in [0.15, 0.2) is 65.3 Å². The maximum atomic E-state index is 5.77. The molecular formula is C15H17N3O. The lowest BCUT2D eigenvalue weighted by molar-refractivity contribution is 0.423. The molecule has 1 aromatic rings. The van der Waals surface area contributed by atoms with Crippen LogP contribution in [0.4, 0.5) is 5.69 Å².